The molecular weight excluding hydrogens is 258 g/mol. The van der Waals surface area contributed by atoms with E-state index in [4.69, 9.17) is 0 Å². The van der Waals surface area contributed by atoms with Crippen molar-refractivity contribution in [1.82, 2.24) is 10.3 Å². The summed E-state index contributed by atoms with van der Waals surface area (Å²) in [6.07, 6.45) is 0. The minimum Gasteiger partial charge on any atom is -0.355 e. The molecule has 0 radical (unpaired) electrons. The van der Waals surface area contributed by atoms with Gasteiger partial charge in [-0.1, -0.05) is 12.1 Å². The number of aromatic nitrogens is 1. The summed E-state index contributed by atoms with van der Waals surface area (Å²) in [5, 5.41) is 5.12. The Hall–Kier alpha value is -2.89. The summed E-state index contributed by atoms with van der Waals surface area (Å²) in [6, 6.07) is 10.8. The van der Waals surface area contributed by atoms with Crippen molar-refractivity contribution in [2.75, 3.05) is 12.4 Å². The van der Waals surface area contributed by atoms with Crippen LogP contribution in [0.15, 0.2) is 47.3 Å². The highest BCUT2D eigenvalue weighted by atomic mass is 16.2. The maximum absolute atomic E-state index is 11.9. The first-order valence-corrected chi connectivity index (χ1v) is 5.93. The van der Waals surface area contributed by atoms with Crippen LogP contribution in [0.4, 0.5) is 5.69 Å². The summed E-state index contributed by atoms with van der Waals surface area (Å²) in [6.45, 7) is 0. The molecule has 0 aliphatic carbocycles. The van der Waals surface area contributed by atoms with Gasteiger partial charge < -0.3 is 15.6 Å². The fourth-order valence-electron chi connectivity index (χ4n) is 1.66. The molecule has 2 amide bonds. The zero-order chi connectivity index (χ0) is 14.5. The molecular formula is C14H13N3O3. The van der Waals surface area contributed by atoms with E-state index in [1.165, 1.54) is 25.2 Å². The molecule has 0 aliphatic rings. The van der Waals surface area contributed by atoms with E-state index < -0.39 is 5.91 Å². The van der Waals surface area contributed by atoms with Gasteiger partial charge in [0.15, 0.2) is 0 Å². The van der Waals surface area contributed by atoms with Crippen LogP contribution in [-0.2, 0) is 0 Å². The van der Waals surface area contributed by atoms with Gasteiger partial charge in [0.2, 0.25) is 5.56 Å². The lowest BCUT2D eigenvalue weighted by molar-refractivity contribution is 0.0961. The number of carbonyl (C=O) groups is 2. The fraction of sp³-hybridized carbons (Fsp3) is 0.0714. The van der Waals surface area contributed by atoms with Gasteiger partial charge in [-0.25, -0.2) is 0 Å². The standard InChI is InChI=1S/C14H13N3O3/c1-15-13(19)9-4-2-5-10(8-9)16-14(20)11-6-3-7-12(18)17-11/h2-8H,1H3,(H,15,19)(H,16,20)(H,17,18). The molecule has 0 aliphatic heterocycles. The summed E-state index contributed by atoms with van der Waals surface area (Å²) in [4.78, 5) is 37.0. The van der Waals surface area contributed by atoms with Gasteiger partial charge in [-0.2, -0.15) is 0 Å². The molecule has 1 aromatic heterocycles. The Labute approximate surface area is 114 Å². The number of amides is 2. The van der Waals surface area contributed by atoms with Crippen LogP contribution in [0.3, 0.4) is 0 Å². The number of hydrogen-bond acceptors (Lipinski definition) is 3. The average molecular weight is 271 g/mol. The molecule has 0 bridgehead atoms. The van der Waals surface area contributed by atoms with Crippen molar-refractivity contribution in [2.45, 2.75) is 0 Å². The van der Waals surface area contributed by atoms with Crippen molar-refractivity contribution in [3.63, 3.8) is 0 Å². The predicted molar refractivity (Wildman–Crippen MR) is 74.8 cm³/mol. The molecule has 0 unspecified atom stereocenters. The smallest absolute Gasteiger partial charge is 0.272 e. The van der Waals surface area contributed by atoms with Gasteiger partial charge in [0, 0.05) is 24.4 Å². The molecule has 0 spiro atoms. The molecule has 1 heterocycles. The molecule has 1 aromatic carbocycles. The van der Waals surface area contributed by atoms with E-state index in [9.17, 15) is 14.4 Å². The Bertz CT molecular complexity index is 707. The van der Waals surface area contributed by atoms with Gasteiger partial charge in [0.25, 0.3) is 11.8 Å². The number of pyridine rings is 1. The number of carbonyl (C=O) groups excluding carboxylic acids is 2. The van der Waals surface area contributed by atoms with Crippen LogP contribution < -0.4 is 16.2 Å². The van der Waals surface area contributed by atoms with E-state index in [1.807, 2.05) is 0 Å². The van der Waals surface area contributed by atoms with Crippen molar-refractivity contribution < 1.29 is 9.59 Å². The highest BCUT2D eigenvalue weighted by Crippen LogP contribution is 2.11. The Morgan fingerprint density at radius 1 is 1.05 bits per heavy atom. The lowest BCUT2D eigenvalue weighted by Gasteiger charge is -2.06. The zero-order valence-corrected chi connectivity index (χ0v) is 10.8. The van der Waals surface area contributed by atoms with Gasteiger partial charge >= 0.3 is 0 Å². The summed E-state index contributed by atoms with van der Waals surface area (Å²) in [7, 11) is 1.53. The first kappa shape index (κ1) is 13.5. The molecule has 6 heteroatoms. The number of hydrogen-bond donors (Lipinski definition) is 3. The molecule has 0 fully saturated rings. The first-order chi connectivity index (χ1) is 9.60. The number of rotatable bonds is 3. The third-order valence-corrected chi connectivity index (χ3v) is 2.62. The Kier molecular flexibility index (Phi) is 3.95. The Balaban J connectivity index is 2.20. The molecule has 2 aromatic rings. The van der Waals surface area contributed by atoms with E-state index in [-0.39, 0.29) is 17.2 Å². The monoisotopic (exact) mass is 271 g/mol. The van der Waals surface area contributed by atoms with Gasteiger partial charge in [-0.3, -0.25) is 14.4 Å². The molecule has 0 atom stereocenters. The minimum atomic E-state index is -0.447. The lowest BCUT2D eigenvalue weighted by Crippen LogP contribution is -2.19. The lowest BCUT2D eigenvalue weighted by atomic mass is 10.2. The summed E-state index contributed by atoms with van der Waals surface area (Å²) in [5.41, 5.74) is 0.715. The normalized spacial score (nSPS) is 9.85. The van der Waals surface area contributed by atoms with E-state index in [0.29, 0.717) is 11.3 Å². The van der Waals surface area contributed by atoms with E-state index >= 15 is 0 Å². The molecule has 0 saturated heterocycles. The second-order valence-corrected chi connectivity index (χ2v) is 4.04. The second-order valence-electron chi connectivity index (χ2n) is 4.04. The van der Waals surface area contributed by atoms with Gasteiger partial charge in [0.05, 0.1) is 0 Å². The molecule has 3 N–H and O–H groups in total. The predicted octanol–water partition coefficient (Wildman–Crippen LogP) is 0.987. The topological polar surface area (TPSA) is 91.1 Å². The maximum Gasteiger partial charge on any atom is 0.272 e. The average Bonchev–Trinajstić information content (AvgIpc) is 2.46. The Morgan fingerprint density at radius 3 is 2.50 bits per heavy atom. The third-order valence-electron chi connectivity index (χ3n) is 2.62. The van der Waals surface area contributed by atoms with E-state index in [1.54, 1.807) is 24.3 Å². The third kappa shape index (κ3) is 3.11. The molecule has 0 saturated carbocycles. The molecule has 2 rings (SSSR count). The van der Waals surface area contributed by atoms with Crippen LogP contribution in [0.5, 0.6) is 0 Å². The van der Waals surface area contributed by atoms with Gasteiger partial charge in [-0.15, -0.1) is 0 Å². The van der Waals surface area contributed by atoms with Gasteiger partial charge in [-0.05, 0) is 24.3 Å². The highest BCUT2D eigenvalue weighted by molar-refractivity contribution is 6.03. The number of anilines is 1. The number of benzene rings is 1. The van der Waals surface area contributed by atoms with Crippen LogP contribution in [0.2, 0.25) is 0 Å². The van der Waals surface area contributed by atoms with Crippen molar-refractivity contribution in [2.24, 2.45) is 0 Å². The molecule has 6 nitrogen and oxygen atoms in total. The summed E-state index contributed by atoms with van der Waals surface area (Å²) >= 11 is 0. The van der Waals surface area contributed by atoms with E-state index in [0.717, 1.165) is 0 Å². The van der Waals surface area contributed by atoms with Crippen LogP contribution in [0, 0.1) is 0 Å². The molecule has 20 heavy (non-hydrogen) atoms. The largest absolute Gasteiger partial charge is 0.355 e. The van der Waals surface area contributed by atoms with Crippen LogP contribution in [0.1, 0.15) is 20.8 Å². The summed E-state index contributed by atoms with van der Waals surface area (Å²) < 4.78 is 0. The summed E-state index contributed by atoms with van der Waals surface area (Å²) in [5.74, 6) is -0.689. The van der Waals surface area contributed by atoms with Crippen molar-refractivity contribution in [1.29, 1.82) is 0 Å². The Morgan fingerprint density at radius 2 is 1.80 bits per heavy atom. The number of H-pyrrole nitrogens is 1. The van der Waals surface area contributed by atoms with Crippen molar-refractivity contribution in [3.8, 4) is 0 Å². The minimum absolute atomic E-state index is 0.155. The maximum atomic E-state index is 11.9. The zero-order valence-electron chi connectivity index (χ0n) is 10.8. The van der Waals surface area contributed by atoms with Gasteiger partial charge in [0.1, 0.15) is 5.69 Å². The van der Waals surface area contributed by atoms with Crippen LogP contribution in [-0.4, -0.2) is 23.8 Å². The number of aromatic amines is 1. The number of nitrogens with one attached hydrogen (secondary N) is 3. The van der Waals surface area contributed by atoms with E-state index in [2.05, 4.69) is 15.6 Å². The van der Waals surface area contributed by atoms with Crippen LogP contribution >= 0.6 is 0 Å². The second kappa shape index (κ2) is 5.83. The van der Waals surface area contributed by atoms with Crippen molar-refractivity contribution >= 4 is 17.5 Å². The van der Waals surface area contributed by atoms with Crippen molar-refractivity contribution in [3.05, 3.63) is 64.1 Å². The highest BCUT2D eigenvalue weighted by Gasteiger charge is 2.08. The first-order valence-electron chi connectivity index (χ1n) is 5.93. The van der Waals surface area contributed by atoms with Crippen LogP contribution in [0.25, 0.3) is 0 Å². The fourth-order valence-corrected chi connectivity index (χ4v) is 1.66. The quantitative estimate of drug-likeness (QED) is 0.777. The molecule has 102 valence electrons. The SMILES string of the molecule is CNC(=O)c1cccc(NC(=O)c2cccc(=O)[nH]2)c1.